The molecule has 2 rings (SSSR count). The maximum atomic E-state index is 4.32. The van der Waals surface area contributed by atoms with Crippen molar-refractivity contribution in [3.05, 3.63) is 47.8 Å². The second-order valence-electron chi connectivity index (χ2n) is 3.83. The minimum absolute atomic E-state index is 0.932. The third-order valence-corrected chi connectivity index (χ3v) is 2.25. The Morgan fingerprint density at radius 3 is 3.07 bits per heavy atom. The molecule has 0 amide bonds. The van der Waals surface area contributed by atoms with Crippen LogP contribution in [0.5, 0.6) is 0 Å². The lowest BCUT2D eigenvalue weighted by Crippen LogP contribution is -1.78. The molecular weight excluding hydrogens is 184 g/mol. The van der Waals surface area contributed by atoms with Gasteiger partial charge in [-0.25, -0.2) is 4.98 Å². The van der Waals surface area contributed by atoms with Crippen molar-refractivity contribution in [3.8, 4) is 0 Å². The summed E-state index contributed by atoms with van der Waals surface area (Å²) < 4.78 is 0. The van der Waals surface area contributed by atoms with Gasteiger partial charge in [-0.2, -0.15) is 0 Å². The largest absolute Gasteiger partial charge is 0.346 e. The van der Waals surface area contributed by atoms with Crippen molar-refractivity contribution in [2.24, 2.45) is 0 Å². The van der Waals surface area contributed by atoms with E-state index < -0.39 is 0 Å². The van der Waals surface area contributed by atoms with Gasteiger partial charge in [0.1, 0.15) is 5.65 Å². The van der Waals surface area contributed by atoms with Gasteiger partial charge in [0.2, 0.25) is 0 Å². The van der Waals surface area contributed by atoms with E-state index in [1.807, 2.05) is 32.3 Å². The van der Waals surface area contributed by atoms with Crippen molar-refractivity contribution in [1.82, 2.24) is 9.97 Å². The van der Waals surface area contributed by atoms with E-state index in [0.717, 1.165) is 22.2 Å². The predicted octanol–water partition coefficient (Wildman–Crippen LogP) is 3.46. The number of hydrogen-bond donors (Lipinski definition) is 1. The number of aromatic amines is 1. The number of rotatable bonds is 2. The Bertz CT molecular complexity index is 532. The fourth-order valence-electron chi connectivity index (χ4n) is 1.50. The fourth-order valence-corrected chi connectivity index (χ4v) is 1.50. The molecule has 2 heterocycles. The van der Waals surface area contributed by atoms with Gasteiger partial charge in [0, 0.05) is 23.3 Å². The fraction of sp³-hybridized carbons (Fsp3) is 0.154. The highest BCUT2D eigenvalue weighted by Crippen LogP contribution is 2.19. The van der Waals surface area contributed by atoms with E-state index in [1.165, 1.54) is 5.56 Å². The first-order valence-electron chi connectivity index (χ1n) is 4.94. The first kappa shape index (κ1) is 9.71. The molecule has 76 valence electrons. The molecule has 0 saturated heterocycles. The van der Waals surface area contributed by atoms with Gasteiger partial charge >= 0.3 is 0 Å². The van der Waals surface area contributed by atoms with E-state index >= 15 is 0 Å². The highest BCUT2D eigenvalue weighted by molar-refractivity contribution is 5.86. The molecule has 0 aromatic carbocycles. The summed E-state index contributed by atoms with van der Waals surface area (Å²) >= 11 is 0. The minimum Gasteiger partial charge on any atom is -0.346 e. The molecule has 2 aromatic rings. The number of H-pyrrole nitrogens is 1. The van der Waals surface area contributed by atoms with E-state index in [2.05, 4.69) is 28.7 Å². The van der Waals surface area contributed by atoms with Crippen molar-refractivity contribution >= 4 is 17.1 Å². The van der Waals surface area contributed by atoms with Crippen molar-refractivity contribution < 1.29 is 0 Å². The van der Waals surface area contributed by atoms with Crippen LogP contribution < -0.4 is 0 Å². The average Bonchev–Trinajstić information content (AvgIpc) is 2.57. The monoisotopic (exact) mass is 198 g/mol. The Kier molecular flexibility index (Phi) is 2.42. The van der Waals surface area contributed by atoms with E-state index in [0.29, 0.717) is 0 Å². The lowest BCUT2D eigenvalue weighted by atomic mass is 10.1. The van der Waals surface area contributed by atoms with Crippen LogP contribution in [0.25, 0.3) is 17.1 Å². The molecule has 0 aliphatic heterocycles. The summed E-state index contributed by atoms with van der Waals surface area (Å²) in [7, 11) is 0. The van der Waals surface area contributed by atoms with Gasteiger partial charge < -0.3 is 4.98 Å². The van der Waals surface area contributed by atoms with Crippen LogP contribution in [0.15, 0.2) is 36.7 Å². The molecule has 2 aromatic heterocycles. The zero-order valence-corrected chi connectivity index (χ0v) is 9.04. The van der Waals surface area contributed by atoms with E-state index in [1.54, 1.807) is 0 Å². The van der Waals surface area contributed by atoms with Gasteiger partial charge in [0.15, 0.2) is 0 Å². The van der Waals surface area contributed by atoms with Gasteiger partial charge in [-0.05, 0) is 25.5 Å². The zero-order chi connectivity index (χ0) is 10.8. The van der Waals surface area contributed by atoms with Crippen molar-refractivity contribution in [1.29, 1.82) is 0 Å². The number of nitrogens with zero attached hydrogens (tertiary/aromatic N) is 1. The lowest BCUT2D eigenvalue weighted by molar-refractivity contribution is 1.29. The van der Waals surface area contributed by atoms with Crippen LogP contribution in [0.4, 0.5) is 0 Å². The third-order valence-electron chi connectivity index (χ3n) is 2.25. The quantitative estimate of drug-likeness (QED) is 0.735. The molecule has 1 N–H and O–H groups in total. The zero-order valence-electron chi connectivity index (χ0n) is 9.04. The molecule has 0 radical (unpaired) electrons. The second kappa shape index (κ2) is 3.73. The molecule has 0 aliphatic carbocycles. The molecule has 0 bridgehead atoms. The van der Waals surface area contributed by atoms with Crippen LogP contribution in [-0.2, 0) is 0 Å². The van der Waals surface area contributed by atoms with Gasteiger partial charge in [0.25, 0.3) is 0 Å². The van der Waals surface area contributed by atoms with Crippen LogP contribution in [0.2, 0.25) is 0 Å². The smallest absolute Gasteiger partial charge is 0.137 e. The van der Waals surface area contributed by atoms with Gasteiger partial charge in [-0.15, -0.1) is 0 Å². The number of aryl methyl sites for hydroxylation is 1. The predicted molar refractivity (Wildman–Crippen MR) is 64.7 cm³/mol. The second-order valence-corrected chi connectivity index (χ2v) is 3.83. The van der Waals surface area contributed by atoms with Crippen molar-refractivity contribution in [2.75, 3.05) is 0 Å². The summed E-state index contributed by atoms with van der Waals surface area (Å²) in [6.45, 7) is 7.87. The van der Waals surface area contributed by atoms with Gasteiger partial charge in [-0.3, -0.25) is 0 Å². The molecule has 0 spiro atoms. The molecular formula is C13H14N2. The number of fused-ring (bicyclic) bond motifs is 1. The average molecular weight is 198 g/mol. The summed E-state index contributed by atoms with van der Waals surface area (Å²) in [5, 5.41) is 1.16. The van der Waals surface area contributed by atoms with Crippen LogP contribution in [0.1, 0.15) is 18.1 Å². The normalized spacial score (nSPS) is 11.3. The maximum absolute atomic E-state index is 4.32. The van der Waals surface area contributed by atoms with Gasteiger partial charge in [-0.1, -0.05) is 24.3 Å². The topological polar surface area (TPSA) is 28.7 Å². The summed E-state index contributed by atoms with van der Waals surface area (Å²) in [6, 6.07) is 2.14. The Labute approximate surface area is 89.4 Å². The lowest BCUT2D eigenvalue weighted by Gasteiger charge is -1.93. The molecule has 0 unspecified atom stereocenters. The standard InChI is InChI=1S/C13H14N2/c1-9(2)4-5-11-8-15-13-12(11)6-10(3)7-14-13/h4-8H,1H2,2-3H3,(H,14,15)/b5-4+. The number of nitrogens with one attached hydrogen (secondary N) is 1. The van der Waals surface area contributed by atoms with Crippen molar-refractivity contribution in [2.45, 2.75) is 13.8 Å². The van der Waals surface area contributed by atoms with E-state index in [-0.39, 0.29) is 0 Å². The van der Waals surface area contributed by atoms with Crippen LogP contribution in [-0.4, -0.2) is 9.97 Å². The van der Waals surface area contributed by atoms with Gasteiger partial charge in [0.05, 0.1) is 0 Å². The summed E-state index contributed by atoms with van der Waals surface area (Å²) in [6.07, 6.45) is 7.90. The molecule has 0 fully saturated rings. The molecule has 0 aliphatic rings. The molecule has 15 heavy (non-hydrogen) atoms. The Hall–Kier alpha value is -1.83. The molecule has 2 nitrogen and oxygen atoms in total. The Balaban J connectivity index is 2.52. The summed E-state index contributed by atoms with van der Waals surface area (Å²) in [5.41, 5.74) is 4.31. The minimum atomic E-state index is 0.932. The van der Waals surface area contributed by atoms with E-state index in [9.17, 15) is 0 Å². The van der Waals surface area contributed by atoms with Crippen LogP contribution in [0.3, 0.4) is 0 Å². The third kappa shape index (κ3) is 1.99. The van der Waals surface area contributed by atoms with Crippen LogP contribution in [0, 0.1) is 6.92 Å². The number of pyridine rings is 1. The Morgan fingerprint density at radius 2 is 2.33 bits per heavy atom. The maximum Gasteiger partial charge on any atom is 0.137 e. The summed E-state index contributed by atoms with van der Waals surface area (Å²) in [4.78, 5) is 7.46. The molecule has 0 saturated carbocycles. The number of allylic oxidation sites excluding steroid dienone is 2. The number of hydrogen-bond acceptors (Lipinski definition) is 1. The highest BCUT2D eigenvalue weighted by Gasteiger charge is 2.01. The Morgan fingerprint density at radius 1 is 1.53 bits per heavy atom. The summed E-state index contributed by atoms with van der Waals surface area (Å²) in [5.74, 6) is 0. The van der Waals surface area contributed by atoms with Crippen molar-refractivity contribution in [3.63, 3.8) is 0 Å². The molecule has 2 heteroatoms. The first-order chi connectivity index (χ1) is 7.16. The first-order valence-corrected chi connectivity index (χ1v) is 4.94. The number of aromatic nitrogens is 2. The highest BCUT2D eigenvalue weighted by atomic mass is 14.8. The van der Waals surface area contributed by atoms with Crippen LogP contribution >= 0.6 is 0 Å². The molecule has 0 atom stereocenters. The van der Waals surface area contributed by atoms with E-state index in [4.69, 9.17) is 0 Å². The SMILES string of the molecule is C=C(C)/C=C/c1c[nH]c2ncc(C)cc12.